The second-order valence-corrected chi connectivity index (χ2v) is 5.11. The summed E-state index contributed by atoms with van der Waals surface area (Å²) >= 11 is 3.53. The number of halogens is 1. The first-order chi connectivity index (χ1) is 9.74. The lowest BCUT2D eigenvalue weighted by atomic mass is 10.2. The molecule has 20 heavy (non-hydrogen) atoms. The first-order valence-corrected chi connectivity index (χ1v) is 7.07. The second-order valence-electron chi connectivity index (χ2n) is 4.26. The van der Waals surface area contributed by atoms with Gasteiger partial charge in [0.05, 0.1) is 17.1 Å². The molecule has 0 unspecified atom stereocenters. The quantitative estimate of drug-likeness (QED) is 0.879. The molecule has 0 bridgehead atoms. The molecule has 5 heteroatoms. The normalized spacial score (nSPS) is 10.3. The average molecular weight is 337 g/mol. The van der Waals surface area contributed by atoms with Crippen molar-refractivity contribution in [1.29, 1.82) is 0 Å². The first kappa shape index (κ1) is 14.8. The maximum absolute atomic E-state index is 5.81. The summed E-state index contributed by atoms with van der Waals surface area (Å²) in [5.41, 5.74) is 2.12. The molecule has 0 fully saturated rings. The molecule has 0 spiro atoms. The van der Waals surface area contributed by atoms with Gasteiger partial charge in [-0.2, -0.15) is 0 Å². The second kappa shape index (κ2) is 7.26. The van der Waals surface area contributed by atoms with Gasteiger partial charge in [-0.3, -0.25) is 0 Å². The van der Waals surface area contributed by atoms with E-state index in [4.69, 9.17) is 9.47 Å². The van der Waals surface area contributed by atoms with Gasteiger partial charge in [-0.05, 0) is 52.8 Å². The molecule has 0 aliphatic heterocycles. The summed E-state index contributed by atoms with van der Waals surface area (Å²) in [5, 5.41) is 3.12. The maximum atomic E-state index is 5.81. The van der Waals surface area contributed by atoms with E-state index in [1.807, 2.05) is 37.4 Å². The molecule has 2 aromatic rings. The Kier molecular flexibility index (Phi) is 5.38. The van der Waals surface area contributed by atoms with Gasteiger partial charge in [0.25, 0.3) is 0 Å². The van der Waals surface area contributed by atoms with Crippen LogP contribution in [0.1, 0.15) is 11.1 Å². The van der Waals surface area contributed by atoms with E-state index in [0.717, 1.165) is 22.3 Å². The number of pyridine rings is 1. The van der Waals surface area contributed by atoms with Gasteiger partial charge in [0.15, 0.2) is 0 Å². The number of aromatic nitrogens is 1. The highest BCUT2D eigenvalue weighted by molar-refractivity contribution is 9.10. The third-order valence-electron chi connectivity index (χ3n) is 2.80. The maximum Gasteiger partial charge on any atom is 0.219 e. The Morgan fingerprint density at radius 2 is 2.15 bits per heavy atom. The van der Waals surface area contributed by atoms with Crippen molar-refractivity contribution in [1.82, 2.24) is 10.3 Å². The zero-order chi connectivity index (χ0) is 14.4. The van der Waals surface area contributed by atoms with E-state index < -0.39 is 0 Å². The third kappa shape index (κ3) is 3.71. The minimum absolute atomic E-state index is 0.418. The van der Waals surface area contributed by atoms with Gasteiger partial charge in [-0.1, -0.05) is 6.07 Å². The largest absolute Gasteiger partial charge is 0.488 e. The number of nitrogens with one attached hydrogen (secondary N) is 1. The van der Waals surface area contributed by atoms with Crippen LogP contribution >= 0.6 is 15.9 Å². The highest BCUT2D eigenvalue weighted by atomic mass is 79.9. The standard InChI is InChI=1S/C15H17BrN2O2/c1-17-9-11-5-6-14(13(16)8-11)20-10-12-4-3-7-18-15(12)19-2/h3-8,17H,9-10H2,1-2H3. The summed E-state index contributed by atoms with van der Waals surface area (Å²) in [5.74, 6) is 1.39. The molecular formula is C15H17BrN2O2. The molecule has 0 aliphatic rings. The Labute approximate surface area is 127 Å². The molecule has 1 aromatic carbocycles. The van der Waals surface area contributed by atoms with Crippen LogP contribution in [0.4, 0.5) is 0 Å². The van der Waals surface area contributed by atoms with Crippen LogP contribution in [0.15, 0.2) is 41.0 Å². The lowest BCUT2D eigenvalue weighted by Crippen LogP contribution is -2.05. The Morgan fingerprint density at radius 1 is 1.30 bits per heavy atom. The molecule has 2 rings (SSSR count). The molecule has 0 radical (unpaired) electrons. The number of nitrogens with zero attached hydrogens (tertiary/aromatic N) is 1. The summed E-state index contributed by atoms with van der Waals surface area (Å²) in [6.45, 7) is 1.25. The van der Waals surface area contributed by atoms with Gasteiger partial charge in [-0.15, -0.1) is 0 Å². The molecule has 4 nitrogen and oxygen atoms in total. The Bertz CT molecular complexity index is 576. The van der Waals surface area contributed by atoms with Gasteiger partial charge in [-0.25, -0.2) is 4.98 Å². The van der Waals surface area contributed by atoms with Gasteiger partial charge < -0.3 is 14.8 Å². The molecule has 1 N–H and O–H groups in total. The fourth-order valence-electron chi connectivity index (χ4n) is 1.85. The molecular weight excluding hydrogens is 320 g/mol. The fourth-order valence-corrected chi connectivity index (χ4v) is 2.39. The van der Waals surface area contributed by atoms with Crippen LogP contribution in [0, 0.1) is 0 Å². The van der Waals surface area contributed by atoms with Crippen molar-refractivity contribution in [2.45, 2.75) is 13.2 Å². The van der Waals surface area contributed by atoms with Crippen LogP contribution in [0.5, 0.6) is 11.6 Å². The summed E-state index contributed by atoms with van der Waals surface area (Å²) in [7, 11) is 3.53. The number of ether oxygens (including phenoxy) is 2. The highest BCUT2D eigenvalue weighted by Gasteiger charge is 2.07. The Hall–Kier alpha value is -1.59. The SMILES string of the molecule is CNCc1ccc(OCc2cccnc2OC)c(Br)c1. The highest BCUT2D eigenvalue weighted by Crippen LogP contribution is 2.27. The predicted molar refractivity (Wildman–Crippen MR) is 82.0 cm³/mol. The van der Waals surface area contributed by atoms with Crippen LogP contribution in [0.3, 0.4) is 0 Å². The number of hydrogen-bond acceptors (Lipinski definition) is 4. The number of rotatable bonds is 6. The topological polar surface area (TPSA) is 43.4 Å². The predicted octanol–water partition coefficient (Wildman–Crippen LogP) is 3.15. The summed E-state index contributed by atoms with van der Waals surface area (Å²) in [6, 6.07) is 9.85. The molecule has 0 atom stereocenters. The van der Waals surface area contributed by atoms with E-state index in [1.165, 1.54) is 5.56 Å². The van der Waals surface area contributed by atoms with Crippen LogP contribution in [0.2, 0.25) is 0 Å². The molecule has 106 valence electrons. The van der Waals surface area contributed by atoms with Crippen molar-refractivity contribution in [3.8, 4) is 11.6 Å². The van der Waals surface area contributed by atoms with E-state index in [0.29, 0.717) is 12.5 Å². The molecule has 1 heterocycles. The van der Waals surface area contributed by atoms with Crippen LogP contribution in [0.25, 0.3) is 0 Å². The van der Waals surface area contributed by atoms with Gasteiger partial charge in [0.2, 0.25) is 5.88 Å². The van der Waals surface area contributed by atoms with Crippen molar-refractivity contribution in [3.63, 3.8) is 0 Å². The zero-order valence-corrected chi connectivity index (χ0v) is 13.1. The van der Waals surface area contributed by atoms with Gasteiger partial charge in [0, 0.05) is 12.7 Å². The van der Waals surface area contributed by atoms with Crippen LogP contribution < -0.4 is 14.8 Å². The van der Waals surface area contributed by atoms with Crippen molar-refractivity contribution < 1.29 is 9.47 Å². The van der Waals surface area contributed by atoms with Crippen molar-refractivity contribution in [2.75, 3.05) is 14.2 Å². The Balaban J connectivity index is 2.07. The van der Waals surface area contributed by atoms with Crippen LogP contribution in [-0.2, 0) is 13.2 Å². The average Bonchev–Trinajstić information content (AvgIpc) is 2.47. The van der Waals surface area contributed by atoms with E-state index in [2.05, 4.69) is 26.2 Å². The van der Waals surface area contributed by atoms with Gasteiger partial charge in [0.1, 0.15) is 12.4 Å². The Morgan fingerprint density at radius 3 is 2.85 bits per heavy atom. The van der Waals surface area contributed by atoms with E-state index in [9.17, 15) is 0 Å². The summed E-state index contributed by atoms with van der Waals surface area (Å²) < 4.78 is 12.0. The van der Waals surface area contributed by atoms with E-state index >= 15 is 0 Å². The van der Waals surface area contributed by atoms with E-state index in [-0.39, 0.29) is 0 Å². The van der Waals surface area contributed by atoms with Crippen molar-refractivity contribution in [2.24, 2.45) is 0 Å². The number of methoxy groups -OCH3 is 1. The lowest BCUT2D eigenvalue weighted by Gasteiger charge is -2.11. The number of hydrogen-bond donors (Lipinski definition) is 1. The fraction of sp³-hybridized carbons (Fsp3) is 0.267. The third-order valence-corrected chi connectivity index (χ3v) is 3.42. The monoisotopic (exact) mass is 336 g/mol. The summed E-state index contributed by atoms with van der Waals surface area (Å²) in [4.78, 5) is 4.15. The van der Waals surface area contributed by atoms with Gasteiger partial charge >= 0.3 is 0 Å². The molecule has 0 saturated carbocycles. The minimum Gasteiger partial charge on any atom is -0.488 e. The first-order valence-electron chi connectivity index (χ1n) is 6.28. The lowest BCUT2D eigenvalue weighted by molar-refractivity contribution is 0.292. The summed E-state index contributed by atoms with van der Waals surface area (Å²) in [6.07, 6.45) is 1.70. The molecule has 1 aromatic heterocycles. The smallest absolute Gasteiger partial charge is 0.219 e. The molecule has 0 aliphatic carbocycles. The van der Waals surface area contributed by atoms with E-state index in [1.54, 1.807) is 13.3 Å². The van der Waals surface area contributed by atoms with Crippen LogP contribution in [-0.4, -0.2) is 19.1 Å². The molecule has 0 amide bonds. The van der Waals surface area contributed by atoms with Crippen molar-refractivity contribution >= 4 is 15.9 Å². The number of benzene rings is 1. The molecule has 0 saturated heterocycles. The van der Waals surface area contributed by atoms with Crippen molar-refractivity contribution in [3.05, 3.63) is 52.1 Å². The zero-order valence-electron chi connectivity index (χ0n) is 11.5. The minimum atomic E-state index is 0.418.